The van der Waals surface area contributed by atoms with E-state index in [0.29, 0.717) is 17.4 Å². The first kappa shape index (κ1) is 16.4. The van der Waals surface area contributed by atoms with Gasteiger partial charge in [-0.25, -0.2) is 4.39 Å². The van der Waals surface area contributed by atoms with Crippen molar-refractivity contribution in [2.45, 2.75) is 32.8 Å². The van der Waals surface area contributed by atoms with Gasteiger partial charge in [0.2, 0.25) is 0 Å². The minimum absolute atomic E-state index is 0.124. The Morgan fingerprint density at radius 2 is 2.00 bits per heavy atom. The van der Waals surface area contributed by atoms with Gasteiger partial charge >= 0.3 is 0 Å². The molecule has 4 N–H and O–H groups in total. The number of rotatable bonds is 6. The Kier molecular flexibility index (Phi) is 5.95. The topological polar surface area (TPSA) is 70.6 Å². The molecule has 0 aliphatic rings. The molecule has 0 bridgehead atoms. The van der Waals surface area contributed by atoms with E-state index >= 15 is 0 Å². The van der Waals surface area contributed by atoms with Crippen molar-refractivity contribution in [3.63, 3.8) is 0 Å². The summed E-state index contributed by atoms with van der Waals surface area (Å²) in [5, 5.41) is 13.3. The van der Waals surface area contributed by atoms with Crippen LogP contribution < -0.4 is 11.1 Å². The lowest BCUT2D eigenvalue weighted by Gasteiger charge is -2.22. The maximum absolute atomic E-state index is 12.9. The molecule has 0 radical (unpaired) electrons. The van der Waals surface area contributed by atoms with E-state index in [2.05, 4.69) is 24.2 Å². The van der Waals surface area contributed by atoms with Gasteiger partial charge in [-0.3, -0.25) is 4.99 Å². The fourth-order valence-corrected chi connectivity index (χ4v) is 1.68. The van der Waals surface area contributed by atoms with E-state index in [1.807, 2.05) is 0 Å². The zero-order chi connectivity index (χ0) is 15.2. The van der Waals surface area contributed by atoms with E-state index in [1.165, 1.54) is 12.1 Å². The van der Waals surface area contributed by atoms with Gasteiger partial charge in [0.05, 0.1) is 6.54 Å². The Morgan fingerprint density at radius 1 is 1.40 bits per heavy atom. The molecule has 0 aromatic heterocycles. The Balaban J connectivity index is 2.55. The number of aliphatic hydroxyl groups is 1. The minimum Gasteiger partial charge on any atom is -0.384 e. The molecule has 0 saturated carbocycles. The molecule has 1 aromatic carbocycles. The van der Waals surface area contributed by atoms with Crippen molar-refractivity contribution < 1.29 is 9.50 Å². The molecule has 1 atom stereocenters. The number of nitrogens with one attached hydrogen (secondary N) is 1. The maximum Gasteiger partial charge on any atom is 0.188 e. The van der Waals surface area contributed by atoms with Gasteiger partial charge in [0.15, 0.2) is 5.96 Å². The van der Waals surface area contributed by atoms with Crippen molar-refractivity contribution in [2.24, 2.45) is 16.6 Å². The fourth-order valence-electron chi connectivity index (χ4n) is 1.68. The first-order chi connectivity index (χ1) is 9.31. The molecule has 1 rings (SSSR count). The van der Waals surface area contributed by atoms with Crippen LogP contribution >= 0.6 is 0 Å². The summed E-state index contributed by atoms with van der Waals surface area (Å²) in [4.78, 5) is 4.13. The van der Waals surface area contributed by atoms with E-state index < -0.39 is 5.60 Å². The van der Waals surface area contributed by atoms with E-state index in [-0.39, 0.29) is 12.4 Å². The Bertz CT molecular complexity index is 441. The lowest BCUT2D eigenvalue weighted by atomic mass is 9.96. The molecule has 0 amide bonds. The largest absolute Gasteiger partial charge is 0.384 e. The van der Waals surface area contributed by atoms with Crippen LogP contribution in [0.1, 0.15) is 32.8 Å². The standard InChI is InChI=1S/C15H24FN3O/c1-11(2)8-9-18-14(17)19-10-15(3,20)12-4-6-13(16)7-5-12/h4-7,11,20H,8-10H2,1-3H3,(H3,17,18,19). The summed E-state index contributed by atoms with van der Waals surface area (Å²) in [7, 11) is 0. The zero-order valence-corrected chi connectivity index (χ0v) is 12.4. The Labute approximate surface area is 119 Å². The highest BCUT2D eigenvalue weighted by Crippen LogP contribution is 2.21. The summed E-state index contributed by atoms with van der Waals surface area (Å²) in [5.41, 5.74) is 5.18. The number of guanidine groups is 1. The van der Waals surface area contributed by atoms with Gasteiger partial charge in [0, 0.05) is 6.54 Å². The Hall–Kier alpha value is -1.62. The van der Waals surface area contributed by atoms with Gasteiger partial charge in [-0.05, 0) is 37.0 Å². The molecular weight excluding hydrogens is 257 g/mol. The van der Waals surface area contributed by atoms with Gasteiger partial charge in [-0.1, -0.05) is 26.0 Å². The third kappa shape index (κ3) is 5.57. The first-order valence-corrected chi connectivity index (χ1v) is 6.83. The number of hydrogen-bond donors (Lipinski definition) is 3. The smallest absolute Gasteiger partial charge is 0.188 e. The third-order valence-electron chi connectivity index (χ3n) is 3.05. The second-order valence-electron chi connectivity index (χ2n) is 5.59. The number of hydrogen-bond acceptors (Lipinski definition) is 2. The van der Waals surface area contributed by atoms with Gasteiger partial charge in [0.1, 0.15) is 11.4 Å². The average Bonchev–Trinajstić information content (AvgIpc) is 2.36. The van der Waals surface area contributed by atoms with E-state index in [0.717, 1.165) is 13.0 Å². The predicted molar refractivity (Wildman–Crippen MR) is 79.9 cm³/mol. The molecule has 0 heterocycles. The molecule has 5 heteroatoms. The van der Waals surface area contributed by atoms with E-state index in [1.54, 1.807) is 19.1 Å². The highest BCUT2D eigenvalue weighted by molar-refractivity contribution is 5.77. The molecule has 0 fully saturated rings. The summed E-state index contributed by atoms with van der Waals surface area (Å²) >= 11 is 0. The molecule has 0 spiro atoms. The minimum atomic E-state index is -1.17. The van der Waals surface area contributed by atoms with Gasteiger partial charge in [-0.15, -0.1) is 0 Å². The van der Waals surface area contributed by atoms with Crippen LogP contribution in [0.2, 0.25) is 0 Å². The molecule has 1 aromatic rings. The molecule has 0 aliphatic heterocycles. The van der Waals surface area contributed by atoms with Crippen molar-refractivity contribution >= 4 is 5.96 Å². The number of nitrogens with zero attached hydrogens (tertiary/aromatic N) is 1. The van der Waals surface area contributed by atoms with Crippen molar-refractivity contribution in [3.8, 4) is 0 Å². The zero-order valence-electron chi connectivity index (χ0n) is 12.4. The number of nitrogens with two attached hydrogens (primary N) is 1. The second kappa shape index (κ2) is 7.24. The van der Waals surface area contributed by atoms with Crippen molar-refractivity contribution in [1.29, 1.82) is 0 Å². The Morgan fingerprint density at radius 3 is 2.55 bits per heavy atom. The van der Waals surface area contributed by atoms with Crippen molar-refractivity contribution in [3.05, 3.63) is 35.6 Å². The lowest BCUT2D eigenvalue weighted by molar-refractivity contribution is 0.0672. The molecule has 112 valence electrons. The quantitative estimate of drug-likeness (QED) is 0.551. The number of halogens is 1. The first-order valence-electron chi connectivity index (χ1n) is 6.83. The average molecular weight is 281 g/mol. The van der Waals surface area contributed by atoms with Crippen LogP contribution in [-0.4, -0.2) is 24.2 Å². The van der Waals surface area contributed by atoms with Crippen LogP contribution in [0.25, 0.3) is 0 Å². The normalized spacial score (nSPS) is 15.2. The predicted octanol–water partition coefficient (Wildman–Crippen LogP) is 1.98. The van der Waals surface area contributed by atoms with Gasteiger partial charge in [0.25, 0.3) is 0 Å². The molecule has 4 nitrogen and oxygen atoms in total. The number of benzene rings is 1. The SMILES string of the molecule is CC(C)CCNC(N)=NCC(C)(O)c1ccc(F)cc1. The fraction of sp³-hybridized carbons (Fsp3) is 0.533. The van der Waals surface area contributed by atoms with E-state index in [4.69, 9.17) is 5.73 Å². The van der Waals surface area contributed by atoms with Crippen LogP contribution in [0.4, 0.5) is 4.39 Å². The highest BCUT2D eigenvalue weighted by Gasteiger charge is 2.22. The van der Waals surface area contributed by atoms with Crippen molar-refractivity contribution in [1.82, 2.24) is 5.32 Å². The number of aliphatic imine (C=N–C) groups is 1. The monoisotopic (exact) mass is 281 g/mol. The van der Waals surface area contributed by atoms with Crippen LogP contribution in [0, 0.1) is 11.7 Å². The molecule has 1 unspecified atom stereocenters. The van der Waals surface area contributed by atoms with Crippen LogP contribution in [0.15, 0.2) is 29.3 Å². The summed E-state index contributed by atoms with van der Waals surface area (Å²) in [5.74, 6) is 0.577. The highest BCUT2D eigenvalue weighted by atomic mass is 19.1. The molecule has 0 aliphatic carbocycles. The summed E-state index contributed by atoms with van der Waals surface area (Å²) in [6.45, 7) is 6.78. The van der Waals surface area contributed by atoms with Crippen molar-refractivity contribution in [2.75, 3.05) is 13.1 Å². The lowest BCUT2D eigenvalue weighted by Crippen LogP contribution is -2.35. The maximum atomic E-state index is 12.9. The summed E-state index contributed by atoms with van der Waals surface area (Å²) in [6.07, 6.45) is 1.00. The van der Waals surface area contributed by atoms with Crippen LogP contribution in [0.5, 0.6) is 0 Å². The van der Waals surface area contributed by atoms with Crippen LogP contribution in [0.3, 0.4) is 0 Å². The molecule has 20 heavy (non-hydrogen) atoms. The summed E-state index contributed by atoms with van der Waals surface area (Å²) < 4.78 is 12.9. The summed E-state index contributed by atoms with van der Waals surface area (Å²) in [6, 6.07) is 5.73. The molecular formula is C15H24FN3O. The van der Waals surface area contributed by atoms with E-state index in [9.17, 15) is 9.50 Å². The van der Waals surface area contributed by atoms with Gasteiger partial charge < -0.3 is 16.2 Å². The third-order valence-corrected chi connectivity index (χ3v) is 3.05. The van der Waals surface area contributed by atoms with Gasteiger partial charge in [-0.2, -0.15) is 0 Å². The molecule has 0 saturated heterocycles. The van der Waals surface area contributed by atoms with Crippen LogP contribution in [-0.2, 0) is 5.60 Å². The second-order valence-corrected chi connectivity index (χ2v) is 5.59.